The molecule has 9 heterocycles. The van der Waals surface area contributed by atoms with Crippen molar-refractivity contribution < 1.29 is 137 Å². The number of nitrogens with zero attached hydrogens (tertiary/aromatic N) is 12. The number of benzene rings is 8. The van der Waals surface area contributed by atoms with E-state index in [0.717, 1.165) is 75.8 Å². The highest BCUT2D eigenvalue weighted by atomic mass is 19.4. The molecule has 3 aromatic heterocycles. The molecule has 18 rings (SSSR count). The molecule has 7 fully saturated rings. The third-order valence-electron chi connectivity index (χ3n) is 26.9. The first-order valence-electron chi connectivity index (χ1n) is 47.0. The number of esters is 3. The van der Waals surface area contributed by atoms with Crippen molar-refractivity contribution in [1.29, 1.82) is 0 Å². The Bertz CT molecular complexity index is 7010. The smallest absolute Gasteiger partial charge is 0.416 e. The van der Waals surface area contributed by atoms with Crippen LogP contribution in [0.1, 0.15) is 175 Å². The molecule has 8 atom stereocenters. The fourth-order valence-electron chi connectivity index (χ4n) is 19.2. The monoisotopic (exact) mass is 2070 g/mol. The average molecular weight is 2070 g/mol. The first-order chi connectivity index (χ1) is 69.8. The van der Waals surface area contributed by atoms with Gasteiger partial charge in [0.05, 0.1) is 163 Å². The molecule has 0 bridgehead atoms. The average Bonchev–Trinajstić information content (AvgIpc) is 1.30. The molecule has 148 heavy (non-hydrogen) atoms. The van der Waals surface area contributed by atoms with E-state index in [4.69, 9.17) is 42.9 Å². The summed E-state index contributed by atoms with van der Waals surface area (Å²) in [5, 5.41) is 0. The van der Waals surface area contributed by atoms with E-state index in [1.165, 1.54) is 102 Å². The number of cyclic esters (lactones) is 3. The van der Waals surface area contributed by atoms with Crippen LogP contribution in [0.4, 0.5) is 102 Å². The number of aromatic nitrogens is 6. The van der Waals surface area contributed by atoms with E-state index in [1.807, 2.05) is 50.2 Å². The lowest BCUT2D eigenvalue weighted by Gasteiger charge is -2.38. The van der Waals surface area contributed by atoms with Crippen LogP contribution in [0, 0.1) is 46.4 Å². The predicted octanol–water partition coefficient (Wildman–Crippen LogP) is 22.9. The Balaban J connectivity index is 0.000000159. The van der Waals surface area contributed by atoms with Crippen molar-refractivity contribution in [3.8, 4) is 67.1 Å². The number of halogens is 16. The SMILES string of the molecule is CCOC(=O)[C@H]1CC1c1ccc(OC)c(-c2cnc(N3CC(F)(F)C3)nc2CN2C(=O)O[C@H](c3cc(C)cc(C(F)(F)F)c3)[C@@H]2C)c1.CCc1ccc(-c2ccc(C(=O)OC)cc2C)cc1-c1cnc(N2CC(F)(F)C2)nc1CN1C(=O)O[C@H](c2cc(C)cc(C(F)(F)F)c2)[C@@H]1C.COC(=O)c1ccc(-c2cc(-c3cnc(N4CC(F)(F)C4)nc3CN3C(=O)O[C@H](c4cc(C)cc(C(F)(F)F)c4)[C@@H]3C)c(OC)cc2F)c(C)c1. The zero-order valence-corrected chi connectivity index (χ0v) is 82.2. The van der Waals surface area contributed by atoms with Gasteiger partial charge in [-0.05, 0) is 227 Å². The Morgan fingerprint density at radius 2 is 0.791 bits per heavy atom. The van der Waals surface area contributed by atoms with E-state index in [0.29, 0.717) is 85.6 Å². The van der Waals surface area contributed by atoms with Crippen LogP contribution >= 0.6 is 0 Å². The highest BCUT2D eigenvalue weighted by Crippen LogP contribution is 2.52. The molecule has 0 N–H and O–H groups in total. The zero-order valence-electron chi connectivity index (χ0n) is 82.2. The Morgan fingerprint density at radius 3 is 1.14 bits per heavy atom. The van der Waals surface area contributed by atoms with Crippen molar-refractivity contribution in [2.24, 2.45) is 5.92 Å². The van der Waals surface area contributed by atoms with Crippen molar-refractivity contribution in [2.75, 3.05) is 89.0 Å². The lowest BCUT2D eigenvalue weighted by Crippen LogP contribution is -2.57. The minimum atomic E-state index is -4.62. The van der Waals surface area contributed by atoms with Gasteiger partial charge in [0.1, 0.15) is 35.6 Å². The summed E-state index contributed by atoms with van der Waals surface area (Å²) in [4.78, 5) is 111. The maximum Gasteiger partial charge on any atom is 0.416 e. The Labute approximate surface area is 838 Å². The first-order valence-corrected chi connectivity index (χ1v) is 47.0. The van der Waals surface area contributed by atoms with Crippen LogP contribution in [0.25, 0.3) is 55.6 Å². The van der Waals surface area contributed by atoms with Gasteiger partial charge in [0, 0.05) is 58.0 Å². The van der Waals surface area contributed by atoms with Crippen molar-refractivity contribution in [3.63, 3.8) is 0 Å². The van der Waals surface area contributed by atoms with Crippen molar-refractivity contribution in [2.45, 2.75) is 180 Å². The normalized spacial score (nSPS) is 20.0. The van der Waals surface area contributed by atoms with E-state index < -0.39 is 165 Å². The number of hydrogen-bond acceptors (Lipinski definition) is 23. The summed E-state index contributed by atoms with van der Waals surface area (Å²) in [7, 11) is 5.37. The summed E-state index contributed by atoms with van der Waals surface area (Å²) < 4.78 is 264. The number of carbonyl (C=O) groups is 6. The fraction of sp³-hybridized carbons (Fsp3) is 0.377. The van der Waals surface area contributed by atoms with Crippen molar-refractivity contribution >= 4 is 54.0 Å². The van der Waals surface area contributed by atoms with Crippen LogP contribution < -0.4 is 24.2 Å². The molecule has 0 spiro atoms. The number of hydrogen-bond donors (Lipinski definition) is 0. The lowest BCUT2D eigenvalue weighted by molar-refractivity contribution is -0.145. The summed E-state index contributed by atoms with van der Waals surface area (Å²) in [6, 6.07) is 32.2. The second-order valence-corrected chi connectivity index (χ2v) is 37.6. The number of carbonyl (C=O) groups excluding carboxylic acids is 6. The van der Waals surface area contributed by atoms with E-state index in [9.17, 15) is 94.6 Å². The molecular formula is C106H100F16N12O14. The summed E-state index contributed by atoms with van der Waals surface area (Å²) in [5.41, 5.74) is 8.84. The molecule has 8 aromatic carbocycles. The van der Waals surface area contributed by atoms with E-state index in [-0.39, 0.29) is 107 Å². The highest BCUT2D eigenvalue weighted by molar-refractivity contribution is 5.92. The van der Waals surface area contributed by atoms with Gasteiger partial charge in [0.2, 0.25) is 17.8 Å². The number of ether oxygens (including phenoxy) is 8. The number of aryl methyl sites for hydroxylation is 6. The second-order valence-electron chi connectivity index (χ2n) is 37.6. The van der Waals surface area contributed by atoms with Gasteiger partial charge in [-0.1, -0.05) is 72.1 Å². The second kappa shape index (κ2) is 41.1. The van der Waals surface area contributed by atoms with Gasteiger partial charge >= 0.3 is 54.7 Å². The summed E-state index contributed by atoms with van der Waals surface area (Å²) >= 11 is 0. The Hall–Kier alpha value is -14.9. The number of anilines is 3. The molecule has 1 unspecified atom stereocenters. The molecule has 780 valence electrons. The fourth-order valence-corrected chi connectivity index (χ4v) is 19.2. The quantitative estimate of drug-likeness (QED) is 0.0292. The number of alkyl halides is 15. The van der Waals surface area contributed by atoms with Gasteiger partial charge in [-0.15, -0.1) is 0 Å². The van der Waals surface area contributed by atoms with Crippen molar-refractivity contribution in [3.05, 3.63) is 264 Å². The zero-order chi connectivity index (χ0) is 107. The molecule has 6 saturated heterocycles. The molecule has 11 aromatic rings. The number of amides is 3. The van der Waals surface area contributed by atoms with Gasteiger partial charge in [0.15, 0.2) is 0 Å². The van der Waals surface area contributed by atoms with Crippen LogP contribution in [0.2, 0.25) is 0 Å². The van der Waals surface area contributed by atoms with Crippen LogP contribution in [0.5, 0.6) is 11.5 Å². The molecule has 3 amide bonds. The maximum atomic E-state index is 15.7. The third kappa shape index (κ3) is 22.3. The van der Waals surface area contributed by atoms with E-state index in [1.54, 1.807) is 90.2 Å². The van der Waals surface area contributed by atoms with Gasteiger partial charge < -0.3 is 52.6 Å². The number of rotatable bonds is 25. The number of methoxy groups -OCH3 is 4. The van der Waals surface area contributed by atoms with Crippen LogP contribution in [-0.2, 0) is 77.8 Å². The van der Waals surface area contributed by atoms with E-state index in [2.05, 4.69) is 24.9 Å². The Kier molecular flexibility index (Phi) is 29.4. The van der Waals surface area contributed by atoms with Gasteiger partial charge in [-0.3, -0.25) is 19.5 Å². The molecule has 7 aliphatic rings. The highest BCUT2D eigenvalue weighted by Gasteiger charge is 2.52. The minimum Gasteiger partial charge on any atom is -0.496 e. The standard InChI is InChI=1S/C37H35F5N4O4.C36H32F6N4O5.C33H33F5N4O5/c1-6-23-7-8-24(28-10-9-25(13-21(28)3)33(47)49-5)15-29(23)30-16-43-34(45-18-36(38,39)19-45)44-31(30)17-46-22(4)32(50-35(46)48)26-11-20(2)12-27(14-26)37(40,41)42;1-18-8-22(11-23(9-18)36(40,41)42)31-20(3)46(34(48)51-31)15-29-27(14-43-33(44-29)45-16-35(38,39)17-45)26-12-25(28(37)13-30(26)49-4)24-7-6-21(10-19(24)2)32(47)50-5;1-5-46-29(43)24-12-22(24)19-6-7-27(45-4)23(11-19)25-13-39-30(41-15-32(34,35)16-41)40-26(25)14-42-18(3)28(47-31(42)44)20-8-17(2)9-21(10-20)33(36,37)38/h7-16,22,32H,6,17-19H2,1-5H3;6-14,20,31H,15-17H2,1-5H3;6-11,13,18,22,24,28H,5,12,14-16H2,1-4H3/t22-,32-;20-,31-;18-,22?,24-,28-/m000/s1. The third-order valence-corrected chi connectivity index (χ3v) is 26.9. The topological polar surface area (TPSA) is 273 Å². The van der Waals surface area contributed by atoms with Crippen LogP contribution in [-0.4, -0.2) is 191 Å². The minimum absolute atomic E-state index is 0.0412. The molecule has 6 aliphatic heterocycles. The lowest BCUT2D eigenvalue weighted by atomic mass is 9.91. The molecule has 1 aliphatic carbocycles. The van der Waals surface area contributed by atoms with Crippen LogP contribution in [0.15, 0.2) is 158 Å². The molecule has 42 heteroatoms. The summed E-state index contributed by atoms with van der Waals surface area (Å²) in [6.45, 7) is 13.0. The molecule has 0 radical (unpaired) electrons. The van der Waals surface area contributed by atoms with Crippen LogP contribution in [0.3, 0.4) is 0 Å². The van der Waals surface area contributed by atoms with E-state index >= 15 is 4.39 Å². The summed E-state index contributed by atoms with van der Waals surface area (Å²) in [5.74, 6) is -10.4. The van der Waals surface area contributed by atoms with Gasteiger partial charge in [0.25, 0.3) is 17.8 Å². The Morgan fingerprint density at radius 1 is 0.412 bits per heavy atom. The molecule has 1 saturated carbocycles. The van der Waals surface area contributed by atoms with Gasteiger partial charge in [-0.2, -0.15) is 39.5 Å². The van der Waals surface area contributed by atoms with Gasteiger partial charge in [-0.25, -0.2) is 84.6 Å². The molecule has 26 nitrogen and oxygen atoms in total. The summed E-state index contributed by atoms with van der Waals surface area (Å²) in [6.07, 6.45) is -13.6. The maximum absolute atomic E-state index is 15.7. The largest absolute Gasteiger partial charge is 0.496 e. The molecular weight excluding hydrogens is 1970 g/mol. The predicted molar refractivity (Wildman–Crippen MR) is 508 cm³/mol. The first kappa shape index (κ1) is 106. The van der Waals surface area contributed by atoms with Crippen molar-refractivity contribution in [1.82, 2.24) is 44.6 Å².